The lowest BCUT2D eigenvalue weighted by atomic mass is 9.97. The van der Waals surface area contributed by atoms with Gasteiger partial charge in [0.2, 0.25) is 15.9 Å². The van der Waals surface area contributed by atoms with Crippen LogP contribution in [0.25, 0.3) is 0 Å². The van der Waals surface area contributed by atoms with Crippen molar-refractivity contribution in [2.75, 3.05) is 39.3 Å². The van der Waals surface area contributed by atoms with Crippen LogP contribution >= 0.6 is 0 Å². The van der Waals surface area contributed by atoms with Crippen molar-refractivity contribution in [1.82, 2.24) is 19.1 Å². The fourth-order valence-corrected chi connectivity index (χ4v) is 5.92. The number of aromatic nitrogens is 1. The van der Waals surface area contributed by atoms with Gasteiger partial charge in [-0.3, -0.25) is 14.5 Å². The number of carbonyl (C=O) groups excluding carboxylic acids is 2. The molecule has 3 rings (SSSR count). The van der Waals surface area contributed by atoms with Gasteiger partial charge in [0.25, 0.3) is 5.91 Å². The molecule has 174 valence electrons. The van der Waals surface area contributed by atoms with Gasteiger partial charge in [-0.2, -0.15) is 4.31 Å². The number of nitrogens with zero attached hydrogens (tertiary/aromatic N) is 3. The van der Waals surface area contributed by atoms with Crippen LogP contribution in [0.4, 0.5) is 0 Å². The number of nitrogens with two attached hydrogens (primary N) is 1. The topological polar surface area (TPSA) is 127 Å². The van der Waals surface area contributed by atoms with Gasteiger partial charge >= 0.3 is 0 Å². The molecule has 10 nitrogen and oxygen atoms in total. The third-order valence-corrected chi connectivity index (χ3v) is 7.78. The minimum Gasteiger partial charge on any atom is -0.373 e. The molecule has 11 heteroatoms. The lowest BCUT2D eigenvalue weighted by molar-refractivity contribution is -0.126. The second-order valence-electron chi connectivity index (χ2n) is 8.52. The van der Waals surface area contributed by atoms with E-state index in [2.05, 4.69) is 10.2 Å². The Hall–Kier alpha value is -1.95. The molecule has 2 atom stereocenters. The maximum Gasteiger partial charge on any atom is 0.265 e. The lowest BCUT2D eigenvalue weighted by Gasteiger charge is -2.35. The maximum atomic E-state index is 12.9. The number of nitrogens with one attached hydrogen (secondary N) is 1. The van der Waals surface area contributed by atoms with E-state index in [0.29, 0.717) is 19.4 Å². The van der Waals surface area contributed by atoms with Gasteiger partial charge in [0, 0.05) is 58.4 Å². The molecule has 0 aliphatic carbocycles. The number of morpholine rings is 1. The van der Waals surface area contributed by atoms with Crippen LogP contribution in [0.1, 0.15) is 37.2 Å². The van der Waals surface area contributed by atoms with Gasteiger partial charge in [-0.1, -0.05) is 0 Å². The van der Waals surface area contributed by atoms with Crippen LogP contribution < -0.4 is 11.1 Å². The van der Waals surface area contributed by atoms with Gasteiger partial charge in [-0.05, 0) is 32.8 Å². The summed E-state index contributed by atoms with van der Waals surface area (Å²) in [5, 5.41) is 2.99. The molecule has 0 radical (unpaired) electrons. The lowest BCUT2D eigenvalue weighted by Crippen LogP contribution is -2.48. The van der Waals surface area contributed by atoms with Crippen molar-refractivity contribution in [3.63, 3.8) is 0 Å². The summed E-state index contributed by atoms with van der Waals surface area (Å²) in [5.41, 5.74) is 5.42. The first-order valence-electron chi connectivity index (χ1n) is 10.7. The highest BCUT2D eigenvalue weighted by molar-refractivity contribution is 7.89. The number of rotatable bonds is 7. The van der Waals surface area contributed by atoms with Crippen molar-refractivity contribution < 1.29 is 22.7 Å². The van der Waals surface area contributed by atoms with Gasteiger partial charge in [-0.15, -0.1) is 0 Å². The van der Waals surface area contributed by atoms with Gasteiger partial charge in [0.1, 0.15) is 10.6 Å². The molecule has 2 aliphatic heterocycles. The molecule has 2 saturated heterocycles. The molecule has 0 saturated carbocycles. The minimum atomic E-state index is -3.73. The Kier molecular flexibility index (Phi) is 7.40. The summed E-state index contributed by atoms with van der Waals surface area (Å²) >= 11 is 0. The second kappa shape index (κ2) is 9.68. The van der Waals surface area contributed by atoms with Gasteiger partial charge < -0.3 is 20.4 Å². The minimum absolute atomic E-state index is 0.0258. The smallest absolute Gasteiger partial charge is 0.265 e. The van der Waals surface area contributed by atoms with E-state index in [-0.39, 0.29) is 47.7 Å². The van der Waals surface area contributed by atoms with E-state index < -0.39 is 15.9 Å². The monoisotopic (exact) mass is 455 g/mol. The zero-order valence-corrected chi connectivity index (χ0v) is 19.2. The standard InChI is InChI=1S/C20H33N5O5S/c1-14-11-24(12-15(2)30-14)9-6-22-20(27)16-4-7-25(8-5-16)31(28,29)17-10-18(19(21)26)23(3)13-17/h10,13-16H,4-9,11-12H2,1-3H3,(H2,21,26)(H,22,27). The molecule has 3 N–H and O–H groups in total. The van der Waals surface area contributed by atoms with E-state index in [4.69, 9.17) is 10.5 Å². The Morgan fingerprint density at radius 1 is 1.19 bits per heavy atom. The number of hydrogen-bond donors (Lipinski definition) is 2. The molecule has 0 bridgehead atoms. The average molecular weight is 456 g/mol. The summed E-state index contributed by atoms with van der Waals surface area (Å²) < 4.78 is 34.3. The van der Waals surface area contributed by atoms with Crippen molar-refractivity contribution >= 4 is 21.8 Å². The summed E-state index contributed by atoms with van der Waals surface area (Å²) in [7, 11) is -2.16. The predicted molar refractivity (Wildman–Crippen MR) is 115 cm³/mol. The maximum absolute atomic E-state index is 12.9. The fraction of sp³-hybridized carbons (Fsp3) is 0.700. The third kappa shape index (κ3) is 5.65. The number of amides is 2. The fourth-order valence-electron chi connectivity index (χ4n) is 4.38. The molecule has 2 aliphatic rings. The van der Waals surface area contributed by atoms with Crippen molar-refractivity contribution in [2.24, 2.45) is 18.7 Å². The molecular weight excluding hydrogens is 422 g/mol. The summed E-state index contributed by atoms with van der Waals surface area (Å²) in [4.78, 5) is 26.3. The molecule has 2 fully saturated rings. The highest BCUT2D eigenvalue weighted by Crippen LogP contribution is 2.25. The SMILES string of the molecule is CC1CN(CCNC(=O)C2CCN(S(=O)(=O)c3cc(C(N)=O)n(C)c3)CC2)CC(C)O1. The Morgan fingerprint density at radius 3 is 2.35 bits per heavy atom. The quantitative estimate of drug-likeness (QED) is 0.584. The Balaban J connectivity index is 1.48. The number of hydrogen-bond acceptors (Lipinski definition) is 6. The highest BCUT2D eigenvalue weighted by Gasteiger charge is 2.33. The van der Waals surface area contributed by atoms with E-state index in [9.17, 15) is 18.0 Å². The van der Waals surface area contributed by atoms with E-state index in [1.807, 2.05) is 13.8 Å². The van der Waals surface area contributed by atoms with Crippen molar-refractivity contribution in [3.05, 3.63) is 18.0 Å². The van der Waals surface area contributed by atoms with Crippen LogP contribution in [0.3, 0.4) is 0 Å². The van der Waals surface area contributed by atoms with Crippen molar-refractivity contribution in [3.8, 4) is 0 Å². The second-order valence-corrected chi connectivity index (χ2v) is 10.5. The van der Waals surface area contributed by atoms with Crippen LogP contribution in [0.15, 0.2) is 17.2 Å². The summed E-state index contributed by atoms with van der Waals surface area (Å²) in [5.74, 6) is -0.909. The zero-order valence-electron chi connectivity index (χ0n) is 18.4. The highest BCUT2D eigenvalue weighted by atomic mass is 32.2. The van der Waals surface area contributed by atoms with E-state index in [1.54, 1.807) is 7.05 Å². The first kappa shape index (κ1) is 23.7. The van der Waals surface area contributed by atoms with Crippen LogP contribution in [-0.4, -0.2) is 85.5 Å². The van der Waals surface area contributed by atoms with Crippen LogP contribution in [0, 0.1) is 5.92 Å². The molecule has 3 heterocycles. The van der Waals surface area contributed by atoms with E-state index >= 15 is 0 Å². The number of carbonyl (C=O) groups is 2. The average Bonchev–Trinajstić information content (AvgIpc) is 3.10. The van der Waals surface area contributed by atoms with Gasteiger partial charge in [-0.25, -0.2) is 8.42 Å². The van der Waals surface area contributed by atoms with Crippen molar-refractivity contribution in [1.29, 1.82) is 0 Å². The summed E-state index contributed by atoms with van der Waals surface area (Å²) in [6.07, 6.45) is 2.70. The molecule has 2 amide bonds. The van der Waals surface area contributed by atoms with E-state index in [0.717, 1.165) is 19.6 Å². The number of ether oxygens (including phenoxy) is 1. The molecule has 1 aromatic heterocycles. The Morgan fingerprint density at radius 2 is 1.81 bits per heavy atom. The zero-order chi connectivity index (χ0) is 22.8. The Bertz CT molecular complexity index is 897. The van der Waals surface area contributed by atoms with Crippen LogP contribution in [0.2, 0.25) is 0 Å². The van der Waals surface area contributed by atoms with Crippen LogP contribution in [0.5, 0.6) is 0 Å². The number of primary amides is 1. The first-order chi connectivity index (χ1) is 14.6. The molecule has 0 spiro atoms. The molecule has 0 aromatic carbocycles. The molecule has 1 aromatic rings. The normalized spacial score (nSPS) is 24.2. The summed E-state index contributed by atoms with van der Waals surface area (Å²) in [6.45, 7) is 7.67. The van der Waals surface area contributed by atoms with E-state index in [1.165, 1.54) is 21.1 Å². The summed E-state index contributed by atoms with van der Waals surface area (Å²) in [6, 6.07) is 1.30. The number of sulfonamides is 1. The molecular formula is C20H33N5O5S. The molecule has 2 unspecified atom stereocenters. The molecule has 31 heavy (non-hydrogen) atoms. The Labute approximate surface area is 183 Å². The first-order valence-corrected chi connectivity index (χ1v) is 12.1. The predicted octanol–water partition coefficient (Wildman–Crippen LogP) is -0.250. The number of aryl methyl sites for hydroxylation is 1. The number of piperidine rings is 1. The van der Waals surface area contributed by atoms with Gasteiger partial charge in [0.05, 0.1) is 12.2 Å². The largest absolute Gasteiger partial charge is 0.373 e. The van der Waals surface area contributed by atoms with Crippen LogP contribution in [-0.2, 0) is 26.6 Å². The van der Waals surface area contributed by atoms with Gasteiger partial charge in [0.15, 0.2) is 0 Å². The van der Waals surface area contributed by atoms with Crippen molar-refractivity contribution in [2.45, 2.75) is 43.8 Å². The third-order valence-electron chi connectivity index (χ3n) is 5.92.